The van der Waals surface area contributed by atoms with Crippen molar-refractivity contribution in [3.8, 4) is 0 Å². The van der Waals surface area contributed by atoms with E-state index >= 15 is 0 Å². The van der Waals surface area contributed by atoms with Crippen LogP contribution in [-0.4, -0.2) is 30.7 Å². The van der Waals surface area contributed by atoms with Gasteiger partial charge < -0.3 is 16.3 Å². The summed E-state index contributed by atoms with van der Waals surface area (Å²) in [4.78, 5) is 0. The summed E-state index contributed by atoms with van der Waals surface area (Å²) in [6.45, 7) is 15.3. The second-order valence-corrected chi connectivity index (χ2v) is 7.48. The highest BCUT2D eigenvalue weighted by Crippen LogP contribution is 2.22. The highest BCUT2D eigenvalue weighted by atomic mass is 15.3. The summed E-state index contributed by atoms with van der Waals surface area (Å²) in [5, 5.41) is 6.25. The number of hydrogen-bond acceptors (Lipinski definition) is 1. The zero-order chi connectivity index (χ0) is 17.2. The van der Waals surface area contributed by atoms with Crippen molar-refractivity contribution in [3.63, 3.8) is 0 Å². The van der Waals surface area contributed by atoms with Gasteiger partial charge >= 0.3 is 0 Å². The smallest absolute Gasteiger partial charge is 0.0786 e. The molecule has 0 amide bonds. The molecule has 1 saturated heterocycles. The van der Waals surface area contributed by atoms with Gasteiger partial charge in [0.05, 0.1) is 26.2 Å². The minimum absolute atomic E-state index is 1.37. The molecule has 0 radical (unpaired) electrons. The van der Waals surface area contributed by atoms with Crippen molar-refractivity contribution in [2.75, 3.05) is 26.2 Å². The number of quaternary nitrogens is 1. The maximum atomic E-state index is 6.25. The Balaban J connectivity index is 0.00000232. The van der Waals surface area contributed by atoms with Gasteiger partial charge in [-0.25, -0.2) is 0 Å². The van der Waals surface area contributed by atoms with Gasteiger partial charge in [0.2, 0.25) is 0 Å². The lowest BCUT2D eigenvalue weighted by atomic mass is 10.0. The predicted molar refractivity (Wildman–Crippen MR) is 101 cm³/mol. The van der Waals surface area contributed by atoms with Crippen LogP contribution in [0.15, 0.2) is 0 Å². The SMILES string of the molecule is CCCCCCCCCCC[N+]1(CCCC)CCCCC1.[C-]#N. The van der Waals surface area contributed by atoms with Crippen LogP contribution in [0.4, 0.5) is 0 Å². The summed E-state index contributed by atoms with van der Waals surface area (Å²) in [6.07, 6.45) is 20.5. The van der Waals surface area contributed by atoms with Gasteiger partial charge in [0.1, 0.15) is 0 Å². The van der Waals surface area contributed by atoms with Gasteiger partial charge in [-0.3, -0.25) is 0 Å². The van der Waals surface area contributed by atoms with Crippen molar-refractivity contribution >= 4 is 0 Å². The average molecular weight is 323 g/mol. The van der Waals surface area contributed by atoms with Crippen LogP contribution in [0.25, 0.3) is 0 Å². The molecule has 1 aliphatic rings. The molecule has 0 aromatic carbocycles. The van der Waals surface area contributed by atoms with Crippen LogP contribution in [0, 0.1) is 11.8 Å². The van der Waals surface area contributed by atoms with E-state index in [1.54, 1.807) is 0 Å². The van der Waals surface area contributed by atoms with Gasteiger partial charge in [0.15, 0.2) is 0 Å². The Bertz CT molecular complexity index is 254. The van der Waals surface area contributed by atoms with Crippen LogP contribution in [0.5, 0.6) is 0 Å². The van der Waals surface area contributed by atoms with Gasteiger partial charge in [-0.05, 0) is 38.5 Å². The first-order valence-electron chi connectivity index (χ1n) is 10.4. The summed E-state index contributed by atoms with van der Waals surface area (Å²) in [5.74, 6) is 0. The van der Waals surface area contributed by atoms with Crippen LogP contribution in [-0.2, 0) is 0 Å². The normalized spacial score (nSPS) is 16.5. The minimum atomic E-state index is 1.37. The van der Waals surface area contributed by atoms with Crippen molar-refractivity contribution < 1.29 is 4.48 Å². The van der Waals surface area contributed by atoms with Crippen molar-refractivity contribution in [2.24, 2.45) is 0 Å². The van der Waals surface area contributed by atoms with Gasteiger partial charge in [-0.2, -0.15) is 0 Å². The molecule has 1 fully saturated rings. The fourth-order valence-corrected chi connectivity index (χ4v) is 3.99. The van der Waals surface area contributed by atoms with Crippen molar-refractivity contribution in [1.29, 1.82) is 5.26 Å². The Morgan fingerprint density at radius 2 is 1.04 bits per heavy atom. The molecule has 2 heteroatoms. The molecule has 0 aliphatic carbocycles. The molecule has 1 heterocycles. The van der Waals surface area contributed by atoms with E-state index in [-0.39, 0.29) is 0 Å². The van der Waals surface area contributed by atoms with Crippen LogP contribution in [0.2, 0.25) is 0 Å². The lowest BCUT2D eigenvalue weighted by Gasteiger charge is -2.42. The third-order valence-electron chi connectivity index (χ3n) is 5.49. The third kappa shape index (κ3) is 11.6. The number of nitrogens with zero attached hydrogens (tertiary/aromatic N) is 2. The Morgan fingerprint density at radius 3 is 1.57 bits per heavy atom. The molecule has 0 bridgehead atoms. The Morgan fingerprint density at radius 1 is 0.609 bits per heavy atom. The molecule has 0 atom stereocenters. The van der Waals surface area contributed by atoms with E-state index in [0.29, 0.717) is 0 Å². The van der Waals surface area contributed by atoms with Gasteiger partial charge in [0.25, 0.3) is 0 Å². The predicted octanol–water partition coefficient (Wildman–Crippen LogP) is 6.41. The van der Waals surface area contributed by atoms with Crippen LogP contribution in [0.3, 0.4) is 0 Å². The molecule has 1 aliphatic heterocycles. The highest BCUT2D eigenvalue weighted by Gasteiger charge is 2.28. The average Bonchev–Trinajstić information content (AvgIpc) is 2.61. The number of piperidine rings is 1. The van der Waals surface area contributed by atoms with E-state index in [2.05, 4.69) is 13.8 Å². The van der Waals surface area contributed by atoms with Crippen molar-refractivity contribution in [1.82, 2.24) is 0 Å². The molecular formula is C21H42N2. The van der Waals surface area contributed by atoms with E-state index in [9.17, 15) is 0 Å². The van der Waals surface area contributed by atoms with E-state index in [1.807, 2.05) is 0 Å². The van der Waals surface area contributed by atoms with Crippen LogP contribution < -0.4 is 0 Å². The van der Waals surface area contributed by atoms with E-state index < -0.39 is 0 Å². The lowest BCUT2D eigenvalue weighted by molar-refractivity contribution is -0.932. The molecule has 0 saturated carbocycles. The van der Waals surface area contributed by atoms with Crippen LogP contribution in [0.1, 0.15) is 104 Å². The molecule has 0 N–H and O–H groups in total. The fraction of sp³-hybridized carbons (Fsp3) is 0.952. The molecule has 0 aromatic rings. The van der Waals surface area contributed by atoms with Crippen molar-refractivity contribution in [3.05, 3.63) is 6.57 Å². The molecule has 2 nitrogen and oxygen atoms in total. The van der Waals surface area contributed by atoms with Crippen molar-refractivity contribution in [2.45, 2.75) is 104 Å². The summed E-state index contributed by atoms with van der Waals surface area (Å²) < 4.78 is 1.48. The first-order chi connectivity index (χ1) is 11.3. The van der Waals surface area contributed by atoms with E-state index in [4.69, 9.17) is 11.8 Å². The maximum Gasteiger partial charge on any atom is 0.0786 e. The maximum absolute atomic E-state index is 6.25. The van der Waals surface area contributed by atoms with E-state index in [0.717, 1.165) is 0 Å². The summed E-state index contributed by atoms with van der Waals surface area (Å²) in [7, 11) is 0. The monoisotopic (exact) mass is 322 g/mol. The van der Waals surface area contributed by atoms with E-state index in [1.165, 1.54) is 121 Å². The Labute approximate surface area is 146 Å². The molecule has 0 spiro atoms. The quantitative estimate of drug-likeness (QED) is 0.218. The molecule has 0 aromatic heterocycles. The zero-order valence-corrected chi connectivity index (χ0v) is 16.1. The largest absolute Gasteiger partial charge is 0.512 e. The molecule has 0 unspecified atom stereocenters. The van der Waals surface area contributed by atoms with Crippen LogP contribution >= 0.6 is 0 Å². The van der Waals surface area contributed by atoms with Gasteiger partial charge in [0, 0.05) is 0 Å². The molecule has 23 heavy (non-hydrogen) atoms. The molecule has 1 rings (SSSR count). The standard InChI is InChI=1S/C20H42N.CN/c1-3-5-7-8-9-10-11-12-14-18-21(17-6-4-2)19-15-13-16-20-21;1-2/h3-20H2,1-2H3;/q+1;-1. The Hall–Kier alpha value is -0.550. The fourth-order valence-electron chi connectivity index (χ4n) is 3.99. The number of hydrogen-bond donors (Lipinski definition) is 0. The van der Waals surface area contributed by atoms with Gasteiger partial charge in [-0.1, -0.05) is 65.2 Å². The van der Waals surface area contributed by atoms with Gasteiger partial charge in [-0.15, -0.1) is 0 Å². The first-order valence-corrected chi connectivity index (χ1v) is 10.4. The molecule has 136 valence electrons. The summed E-state index contributed by atoms with van der Waals surface area (Å²) in [5.41, 5.74) is 0. The number of rotatable bonds is 13. The highest BCUT2D eigenvalue weighted by molar-refractivity contribution is 4.56. The zero-order valence-electron chi connectivity index (χ0n) is 16.1. The minimum Gasteiger partial charge on any atom is -0.512 e. The number of likely N-dealkylation sites (tertiary alicyclic amines) is 1. The summed E-state index contributed by atoms with van der Waals surface area (Å²) in [6, 6.07) is 0. The topological polar surface area (TPSA) is 23.8 Å². The third-order valence-corrected chi connectivity index (χ3v) is 5.49. The molecular weight excluding hydrogens is 280 g/mol. The lowest BCUT2D eigenvalue weighted by Crippen LogP contribution is -2.52. The Kier molecular flexibility index (Phi) is 15.9. The second kappa shape index (κ2) is 16.3. The number of unbranched alkanes of at least 4 members (excludes halogenated alkanes) is 9. The summed E-state index contributed by atoms with van der Waals surface area (Å²) >= 11 is 0. The first kappa shape index (κ1) is 22.4. The second-order valence-electron chi connectivity index (χ2n) is 7.48.